The number of carbonyl (C=O) groups excluding carboxylic acids is 3. The normalized spacial score (nSPS) is 20.5. The van der Waals surface area contributed by atoms with Gasteiger partial charge in [0, 0.05) is 39.6 Å². The summed E-state index contributed by atoms with van der Waals surface area (Å²) in [6.45, 7) is 9.06. The largest absolute Gasteiger partial charge is 0.444 e. The number of hydrogen-bond donors (Lipinski definition) is 1. The number of benzene rings is 1. The molecule has 0 bridgehead atoms. The summed E-state index contributed by atoms with van der Waals surface area (Å²) in [5.74, 6) is 0.190. The molecule has 3 amide bonds. The first-order valence-corrected chi connectivity index (χ1v) is 11.1. The number of ether oxygens (including phenoxy) is 1. The van der Waals surface area contributed by atoms with Crippen molar-refractivity contribution in [3.8, 4) is 0 Å². The van der Waals surface area contributed by atoms with Crippen molar-refractivity contribution < 1.29 is 19.1 Å². The van der Waals surface area contributed by atoms with Gasteiger partial charge in [-0.2, -0.15) is 0 Å². The number of nitrogens with one attached hydrogen (secondary N) is 1. The van der Waals surface area contributed by atoms with Crippen molar-refractivity contribution in [2.45, 2.75) is 51.7 Å². The summed E-state index contributed by atoms with van der Waals surface area (Å²) in [6.07, 6.45) is 0.629. The highest BCUT2D eigenvalue weighted by atomic mass is 16.6. The van der Waals surface area contributed by atoms with Crippen molar-refractivity contribution in [2.75, 3.05) is 26.2 Å². The van der Waals surface area contributed by atoms with Crippen molar-refractivity contribution in [1.82, 2.24) is 24.7 Å². The molecular formula is C23H31N5O4. The Labute approximate surface area is 187 Å². The highest BCUT2D eigenvalue weighted by Gasteiger charge is 2.29. The number of fused-ring (bicyclic) bond motifs is 1. The number of imidazole rings is 1. The van der Waals surface area contributed by atoms with E-state index in [2.05, 4.69) is 14.8 Å². The summed E-state index contributed by atoms with van der Waals surface area (Å²) in [5, 5.41) is 2.43. The minimum atomic E-state index is -0.492. The molecule has 1 aromatic carbocycles. The molecule has 9 heteroatoms. The number of amides is 3. The van der Waals surface area contributed by atoms with Crippen LogP contribution in [0.1, 0.15) is 50.9 Å². The van der Waals surface area contributed by atoms with E-state index in [4.69, 9.17) is 9.72 Å². The van der Waals surface area contributed by atoms with Crippen LogP contribution >= 0.6 is 0 Å². The molecule has 0 spiro atoms. The van der Waals surface area contributed by atoms with Crippen LogP contribution in [0.3, 0.4) is 0 Å². The topological polar surface area (TPSA) is 96.8 Å². The number of carbonyl (C=O) groups is 3. The maximum Gasteiger partial charge on any atom is 0.410 e. The minimum Gasteiger partial charge on any atom is -0.444 e. The number of aryl methyl sites for hydroxylation is 1. The van der Waals surface area contributed by atoms with Crippen LogP contribution in [0, 0.1) is 0 Å². The molecule has 9 nitrogen and oxygen atoms in total. The molecule has 1 unspecified atom stereocenters. The Balaban J connectivity index is 1.42. The number of nitrogens with zero attached hydrogens (tertiary/aromatic N) is 4. The number of rotatable bonds is 3. The van der Waals surface area contributed by atoms with Crippen molar-refractivity contribution in [3.63, 3.8) is 0 Å². The Hall–Kier alpha value is -2.94. The van der Waals surface area contributed by atoms with Gasteiger partial charge in [0.25, 0.3) is 0 Å². The lowest BCUT2D eigenvalue weighted by atomic mass is 9.90. The second-order valence-electron chi connectivity index (χ2n) is 9.58. The number of aromatic nitrogens is 2. The molecule has 0 aliphatic carbocycles. The third kappa shape index (κ3) is 4.77. The summed E-state index contributed by atoms with van der Waals surface area (Å²) in [4.78, 5) is 44.8. The Morgan fingerprint density at radius 1 is 1.19 bits per heavy atom. The Bertz CT molecular complexity index is 1050. The molecule has 1 N–H and O–H groups in total. The third-order valence-electron chi connectivity index (χ3n) is 6.03. The van der Waals surface area contributed by atoms with Crippen LogP contribution in [0.15, 0.2) is 18.2 Å². The average Bonchev–Trinajstić information content (AvgIpc) is 3.02. The van der Waals surface area contributed by atoms with Gasteiger partial charge in [-0.15, -0.1) is 0 Å². The maximum atomic E-state index is 12.3. The van der Waals surface area contributed by atoms with E-state index in [0.29, 0.717) is 32.5 Å². The van der Waals surface area contributed by atoms with Crippen LogP contribution in [0.25, 0.3) is 11.0 Å². The SMILES string of the molecule is Cn1c(CN2CCN(C(=O)OC(C)(C)C)CC2)nc2ccc(C3CCC(=O)NC3=O)cc21. The zero-order valence-corrected chi connectivity index (χ0v) is 19.2. The predicted octanol–water partition coefficient (Wildman–Crippen LogP) is 2.15. The van der Waals surface area contributed by atoms with E-state index >= 15 is 0 Å². The van der Waals surface area contributed by atoms with Gasteiger partial charge in [-0.25, -0.2) is 9.78 Å². The summed E-state index contributed by atoms with van der Waals surface area (Å²) in [7, 11) is 1.98. The van der Waals surface area contributed by atoms with Gasteiger partial charge in [0.05, 0.1) is 23.5 Å². The molecule has 4 rings (SSSR count). The number of hydrogen-bond acceptors (Lipinski definition) is 6. The molecule has 0 radical (unpaired) electrons. The van der Waals surface area contributed by atoms with E-state index in [-0.39, 0.29) is 23.8 Å². The summed E-state index contributed by atoms with van der Waals surface area (Å²) >= 11 is 0. The molecule has 2 saturated heterocycles. The Morgan fingerprint density at radius 2 is 1.91 bits per heavy atom. The molecular weight excluding hydrogens is 410 g/mol. The lowest BCUT2D eigenvalue weighted by Crippen LogP contribution is -2.49. The summed E-state index contributed by atoms with van der Waals surface area (Å²) < 4.78 is 7.53. The minimum absolute atomic E-state index is 0.207. The fourth-order valence-corrected chi connectivity index (χ4v) is 4.24. The molecule has 2 aromatic rings. The average molecular weight is 442 g/mol. The first-order chi connectivity index (χ1) is 15.1. The monoisotopic (exact) mass is 441 g/mol. The molecule has 1 atom stereocenters. The van der Waals surface area contributed by atoms with Gasteiger partial charge in [0.1, 0.15) is 11.4 Å². The van der Waals surface area contributed by atoms with Crippen molar-refractivity contribution >= 4 is 28.9 Å². The van der Waals surface area contributed by atoms with Crippen LogP contribution in [0.2, 0.25) is 0 Å². The van der Waals surface area contributed by atoms with Crippen LogP contribution in [0.5, 0.6) is 0 Å². The third-order valence-corrected chi connectivity index (χ3v) is 6.03. The van der Waals surface area contributed by atoms with Gasteiger partial charge in [-0.3, -0.25) is 19.8 Å². The predicted molar refractivity (Wildman–Crippen MR) is 119 cm³/mol. The van der Waals surface area contributed by atoms with Crippen LogP contribution in [-0.2, 0) is 27.9 Å². The van der Waals surface area contributed by atoms with E-state index in [1.165, 1.54) is 0 Å². The van der Waals surface area contributed by atoms with Gasteiger partial charge in [-0.05, 0) is 44.9 Å². The second-order valence-corrected chi connectivity index (χ2v) is 9.58. The zero-order chi connectivity index (χ0) is 23.0. The van der Waals surface area contributed by atoms with Crippen LogP contribution < -0.4 is 5.32 Å². The number of piperidine rings is 1. The van der Waals surface area contributed by atoms with Crippen LogP contribution in [0.4, 0.5) is 4.79 Å². The fourth-order valence-electron chi connectivity index (χ4n) is 4.24. The lowest BCUT2D eigenvalue weighted by Gasteiger charge is -2.35. The molecule has 32 heavy (non-hydrogen) atoms. The van der Waals surface area contributed by atoms with E-state index in [0.717, 1.165) is 35.5 Å². The molecule has 1 aromatic heterocycles. The zero-order valence-electron chi connectivity index (χ0n) is 19.2. The first-order valence-electron chi connectivity index (χ1n) is 11.1. The summed E-state index contributed by atoms with van der Waals surface area (Å²) in [6, 6.07) is 5.88. The van der Waals surface area contributed by atoms with Gasteiger partial charge in [0.15, 0.2) is 0 Å². The molecule has 0 saturated carbocycles. The molecule has 172 valence electrons. The summed E-state index contributed by atoms with van der Waals surface area (Å²) in [5.41, 5.74) is 2.26. The smallest absolute Gasteiger partial charge is 0.410 e. The molecule has 2 fully saturated rings. The van der Waals surface area contributed by atoms with Gasteiger partial charge >= 0.3 is 6.09 Å². The molecule has 2 aliphatic rings. The van der Waals surface area contributed by atoms with Crippen LogP contribution in [-0.4, -0.2) is 69.0 Å². The highest BCUT2D eigenvalue weighted by Crippen LogP contribution is 2.28. The van der Waals surface area contributed by atoms with E-state index in [9.17, 15) is 14.4 Å². The maximum absolute atomic E-state index is 12.3. The van der Waals surface area contributed by atoms with Crippen molar-refractivity contribution in [1.29, 1.82) is 0 Å². The molecule has 2 aliphatic heterocycles. The number of piperazine rings is 1. The van der Waals surface area contributed by atoms with E-state index < -0.39 is 5.60 Å². The molecule has 3 heterocycles. The number of imide groups is 1. The van der Waals surface area contributed by atoms with Crippen molar-refractivity contribution in [2.24, 2.45) is 7.05 Å². The standard InChI is InChI=1S/C23H31N5O4/c1-23(2,3)32-22(31)28-11-9-27(10-12-28)14-19-24-17-7-5-15(13-18(17)26(19)4)16-6-8-20(29)25-21(16)30/h5,7,13,16H,6,8-12,14H2,1-4H3,(H,25,29,30). The van der Waals surface area contributed by atoms with Gasteiger partial charge in [-0.1, -0.05) is 6.07 Å². The highest BCUT2D eigenvalue weighted by molar-refractivity contribution is 6.01. The first kappa shape index (κ1) is 22.3. The second kappa shape index (κ2) is 8.54. The van der Waals surface area contributed by atoms with Gasteiger partial charge < -0.3 is 14.2 Å². The Morgan fingerprint density at radius 3 is 2.56 bits per heavy atom. The quantitative estimate of drug-likeness (QED) is 0.733. The van der Waals surface area contributed by atoms with E-state index in [1.54, 1.807) is 4.90 Å². The van der Waals surface area contributed by atoms with E-state index in [1.807, 2.05) is 46.0 Å². The Kier molecular flexibility index (Phi) is 5.94. The van der Waals surface area contributed by atoms with Gasteiger partial charge in [0.2, 0.25) is 11.8 Å². The fraction of sp³-hybridized carbons (Fsp3) is 0.565. The lowest BCUT2D eigenvalue weighted by molar-refractivity contribution is -0.134. The van der Waals surface area contributed by atoms with Crippen molar-refractivity contribution in [3.05, 3.63) is 29.6 Å².